The number of methoxy groups -OCH3 is 1. The van der Waals surface area contributed by atoms with Crippen molar-refractivity contribution in [2.24, 2.45) is 0 Å². The Morgan fingerprint density at radius 3 is 2.20 bits per heavy atom. The van der Waals surface area contributed by atoms with Crippen LogP contribution in [-0.4, -0.2) is 28.3 Å². The van der Waals surface area contributed by atoms with E-state index in [1.165, 1.54) is 7.11 Å². The number of hydrogen-bond donors (Lipinski definition) is 1. The third-order valence-corrected chi connectivity index (χ3v) is 3.17. The van der Waals surface area contributed by atoms with Gasteiger partial charge < -0.3 is 14.6 Å². The van der Waals surface area contributed by atoms with Gasteiger partial charge in [-0.05, 0) is 24.3 Å². The van der Waals surface area contributed by atoms with Crippen LogP contribution in [0.4, 0.5) is 18.9 Å². The molecule has 0 aliphatic rings. The van der Waals surface area contributed by atoms with Gasteiger partial charge in [-0.3, -0.25) is 19.0 Å². The Kier molecular flexibility index (Phi) is 5.30. The number of halogens is 3. The highest BCUT2D eigenvalue weighted by Crippen LogP contribution is 2.16. The van der Waals surface area contributed by atoms with Crippen LogP contribution in [0.15, 0.2) is 46.2 Å². The van der Waals surface area contributed by atoms with Gasteiger partial charge in [-0.25, -0.2) is 0 Å². The summed E-state index contributed by atoms with van der Waals surface area (Å²) in [6, 6.07) is 6.36. The minimum atomic E-state index is -4.63. The average molecular weight is 357 g/mol. The number of carbonyl (C=O) groups excluding carboxylic acids is 1. The van der Waals surface area contributed by atoms with E-state index in [0.717, 1.165) is 17.0 Å². The van der Waals surface area contributed by atoms with Gasteiger partial charge in [-0.15, -0.1) is 0 Å². The van der Waals surface area contributed by atoms with Gasteiger partial charge in [0.2, 0.25) is 5.91 Å². The molecule has 1 aromatic heterocycles. The van der Waals surface area contributed by atoms with Crippen molar-refractivity contribution in [3.8, 4) is 5.75 Å². The molecule has 0 saturated heterocycles. The molecule has 0 fully saturated rings. The molecule has 0 radical (unpaired) electrons. The summed E-state index contributed by atoms with van der Waals surface area (Å²) >= 11 is 0. The zero-order valence-electron chi connectivity index (χ0n) is 13.0. The van der Waals surface area contributed by atoms with Crippen molar-refractivity contribution in [1.29, 1.82) is 0 Å². The van der Waals surface area contributed by atoms with Crippen LogP contribution >= 0.6 is 0 Å². The summed E-state index contributed by atoms with van der Waals surface area (Å²) in [5.41, 5.74) is -2.13. The molecule has 0 unspecified atom stereocenters. The van der Waals surface area contributed by atoms with Gasteiger partial charge in [0.1, 0.15) is 18.8 Å². The van der Waals surface area contributed by atoms with Gasteiger partial charge in [0.15, 0.2) is 0 Å². The second-order valence-electron chi connectivity index (χ2n) is 5.06. The molecule has 1 aromatic carbocycles. The third kappa shape index (κ3) is 4.96. The van der Waals surface area contributed by atoms with Crippen LogP contribution in [0, 0.1) is 0 Å². The van der Waals surface area contributed by atoms with E-state index in [2.05, 4.69) is 5.32 Å². The van der Waals surface area contributed by atoms with E-state index in [-0.39, 0.29) is 4.57 Å². The Morgan fingerprint density at radius 2 is 1.64 bits per heavy atom. The van der Waals surface area contributed by atoms with E-state index in [0.29, 0.717) is 11.4 Å². The number of hydrogen-bond acceptors (Lipinski definition) is 4. The molecule has 2 rings (SSSR count). The molecule has 134 valence electrons. The predicted molar refractivity (Wildman–Crippen MR) is 82.6 cm³/mol. The number of nitrogens with zero attached hydrogens (tertiary/aromatic N) is 2. The highest BCUT2D eigenvalue weighted by atomic mass is 19.4. The number of alkyl halides is 3. The van der Waals surface area contributed by atoms with E-state index in [4.69, 9.17) is 4.74 Å². The van der Waals surface area contributed by atoms with Crippen LogP contribution in [0.1, 0.15) is 0 Å². The highest BCUT2D eigenvalue weighted by molar-refractivity contribution is 5.90. The molecule has 7 nitrogen and oxygen atoms in total. The van der Waals surface area contributed by atoms with Crippen molar-refractivity contribution >= 4 is 11.6 Å². The lowest BCUT2D eigenvalue weighted by molar-refractivity contribution is -0.141. The van der Waals surface area contributed by atoms with Crippen molar-refractivity contribution in [2.75, 3.05) is 12.4 Å². The van der Waals surface area contributed by atoms with Crippen LogP contribution in [0.3, 0.4) is 0 Å². The summed E-state index contributed by atoms with van der Waals surface area (Å²) in [5.74, 6) is -0.0252. The topological polar surface area (TPSA) is 82.3 Å². The summed E-state index contributed by atoms with van der Waals surface area (Å²) in [6.07, 6.45) is -2.85. The van der Waals surface area contributed by atoms with E-state index in [1.807, 2.05) is 0 Å². The first-order valence-electron chi connectivity index (χ1n) is 7.00. The first-order chi connectivity index (χ1) is 11.7. The van der Waals surface area contributed by atoms with Crippen LogP contribution < -0.4 is 21.2 Å². The van der Waals surface area contributed by atoms with E-state index in [1.54, 1.807) is 24.3 Å². The zero-order chi connectivity index (χ0) is 18.6. The number of nitrogens with one attached hydrogen (secondary N) is 1. The molecule has 1 amide bonds. The molecule has 10 heteroatoms. The maximum Gasteiger partial charge on any atom is 0.406 e. The molecular weight excluding hydrogens is 343 g/mol. The molecule has 0 spiro atoms. The fraction of sp³-hybridized carbons (Fsp3) is 0.267. The van der Waals surface area contributed by atoms with Gasteiger partial charge in [0.05, 0.1) is 7.11 Å². The van der Waals surface area contributed by atoms with Crippen molar-refractivity contribution < 1.29 is 22.7 Å². The number of rotatable bonds is 5. The van der Waals surface area contributed by atoms with E-state index < -0.39 is 36.3 Å². The minimum absolute atomic E-state index is 0.250. The van der Waals surface area contributed by atoms with E-state index >= 15 is 0 Å². The Labute approximate surface area is 139 Å². The lowest BCUT2D eigenvalue weighted by Gasteiger charge is -2.11. The van der Waals surface area contributed by atoms with Crippen LogP contribution in [0.5, 0.6) is 5.75 Å². The van der Waals surface area contributed by atoms with Crippen molar-refractivity contribution in [3.63, 3.8) is 0 Å². The molecular formula is C15H14F3N3O4. The van der Waals surface area contributed by atoms with Gasteiger partial charge >= 0.3 is 17.3 Å². The standard InChI is InChI=1S/C15H14F3N3O4/c1-25-11-4-2-10(3-5-11)19-12(22)8-20-6-7-21(9-15(16,17)18)14(24)13(20)23/h2-7H,8-9H2,1H3,(H,19,22). The Hall–Kier alpha value is -3.04. The number of ether oxygens (including phenoxy) is 1. The van der Waals surface area contributed by atoms with Gasteiger partial charge in [0, 0.05) is 18.1 Å². The summed E-state index contributed by atoms with van der Waals surface area (Å²) in [5, 5.41) is 2.50. The van der Waals surface area contributed by atoms with Crippen molar-refractivity contribution in [2.45, 2.75) is 19.3 Å². The monoisotopic (exact) mass is 357 g/mol. The minimum Gasteiger partial charge on any atom is -0.497 e. The zero-order valence-corrected chi connectivity index (χ0v) is 13.0. The van der Waals surface area contributed by atoms with Crippen LogP contribution in [0.2, 0.25) is 0 Å². The Morgan fingerprint density at radius 1 is 1.08 bits per heavy atom. The Balaban J connectivity index is 2.11. The maximum absolute atomic E-state index is 12.3. The lowest BCUT2D eigenvalue weighted by Crippen LogP contribution is -2.43. The molecule has 0 saturated carbocycles. The van der Waals surface area contributed by atoms with Gasteiger partial charge in [-0.1, -0.05) is 0 Å². The summed E-state index contributed by atoms with van der Waals surface area (Å²) in [4.78, 5) is 35.4. The predicted octanol–water partition coefficient (Wildman–Crippen LogP) is 1.22. The van der Waals surface area contributed by atoms with Gasteiger partial charge in [-0.2, -0.15) is 13.2 Å². The number of amides is 1. The summed E-state index contributed by atoms with van der Waals surface area (Å²) in [7, 11) is 1.49. The van der Waals surface area contributed by atoms with Crippen molar-refractivity contribution in [1.82, 2.24) is 9.13 Å². The number of aromatic nitrogens is 2. The number of benzene rings is 1. The molecule has 0 aliphatic carbocycles. The fourth-order valence-electron chi connectivity index (χ4n) is 2.01. The largest absolute Gasteiger partial charge is 0.497 e. The van der Waals surface area contributed by atoms with E-state index in [9.17, 15) is 27.6 Å². The molecule has 0 bridgehead atoms. The maximum atomic E-state index is 12.3. The molecule has 1 N–H and O–H groups in total. The molecule has 0 atom stereocenters. The molecule has 25 heavy (non-hydrogen) atoms. The Bertz CT molecular complexity index is 869. The number of anilines is 1. The SMILES string of the molecule is COc1ccc(NC(=O)Cn2ccn(CC(F)(F)F)c(=O)c2=O)cc1. The summed E-state index contributed by atoms with van der Waals surface area (Å²) < 4.78 is 42.9. The molecule has 1 heterocycles. The quantitative estimate of drug-likeness (QED) is 0.816. The first-order valence-corrected chi connectivity index (χ1v) is 7.00. The lowest BCUT2D eigenvalue weighted by atomic mass is 10.3. The second kappa shape index (κ2) is 7.24. The van der Waals surface area contributed by atoms with Gasteiger partial charge in [0.25, 0.3) is 0 Å². The first kappa shape index (κ1) is 18.3. The normalized spacial score (nSPS) is 11.2. The van der Waals surface area contributed by atoms with Crippen LogP contribution in [0.25, 0.3) is 0 Å². The van der Waals surface area contributed by atoms with Crippen LogP contribution in [-0.2, 0) is 17.9 Å². The average Bonchev–Trinajstić information content (AvgIpc) is 2.54. The second-order valence-corrected chi connectivity index (χ2v) is 5.06. The smallest absolute Gasteiger partial charge is 0.406 e. The summed E-state index contributed by atoms with van der Waals surface area (Å²) in [6.45, 7) is -2.08. The number of carbonyl (C=O) groups is 1. The molecule has 2 aromatic rings. The third-order valence-electron chi connectivity index (χ3n) is 3.17. The molecule has 0 aliphatic heterocycles. The fourth-order valence-corrected chi connectivity index (χ4v) is 2.01. The van der Waals surface area contributed by atoms with Crippen molar-refractivity contribution in [3.05, 3.63) is 57.4 Å². The highest BCUT2D eigenvalue weighted by Gasteiger charge is 2.28.